The predicted molar refractivity (Wildman–Crippen MR) is 111 cm³/mol. The molecule has 0 bridgehead atoms. The summed E-state index contributed by atoms with van der Waals surface area (Å²) in [7, 11) is 1.99. The topological polar surface area (TPSA) is 61.4 Å². The number of carbonyl (C=O) groups is 2. The SMILES string of the molecule is CNCCC1CCN(C(=O)C(C)Sc2ccc(NC(C)=O)cc2)CC1.Cl. The number of nitrogens with one attached hydrogen (secondary N) is 2. The first-order valence-electron chi connectivity index (χ1n) is 8.97. The maximum Gasteiger partial charge on any atom is 0.235 e. The highest BCUT2D eigenvalue weighted by Crippen LogP contribution is 2.28. The summed E-state index contributed by atoms with van der Waals surface area (Å²) in [4.78, 5) is 26.8. The van der Waals surface area contributed by atoms with E-state index in [-0.39, 0.29) is 29.5 Å². The summed E-state index contributed by atoms with van der Waals surface area (Å²) < 4.78 is 0. The third-order valence-electron chi connectivity index (χ3n) is 4.56. The Bertz CT molecular complexity index is 575. The second-order valence-electron chi connectivity index (χ2n) is 6.63. The van der Waals surface area contributed by atoms with Gasteiger partial charge in [0, 0.05) is 30.6 Å². The molecule has 2 rings (SSSR count). The van der Waals surface area contributed by atoms with Gasteiger partial charge < -0.3 is 15.5 Å². The molecule has 1 aliphatic rings. The van der Waals surface area contributed by atoms with Crippen molar-refractivity contribution >= 4 is 41.7 Å². The van der Waals surface area contributed by atoms with Crippen LogP contribution in [-0.2, 0) is 9.59 Å². The van der Waals surface area contributed by atoms with E-state index in [1.54, 1.807) is 11.8 Å². The van der Waals surface area contributed by atoms with Crippen LogP contribution in [0, 0.1) is 5.92 Å². The first kappa shape index (κ1) is 22.8. The van der Waals surface area contributed by atoms with Gasteiger partial charge in [-0.1, -0.05) is 0 Å². The van der Waals surface area contributed by atoms with Crippen molar-refractivity contribution in [3.63, 3.8) is 0 Å². The van der Waals surface area contributed by atoms with E-state index in [0.29, 0.717) is 0 Å². The smallest absolute Gasteiger partial charge is 0.235 e. The van der Waals surface area contributed by atoms with Crippen LogP contribution in [0.2, 0.25) is 0 Å². The molecule has 2 amide bonds. The number of likely N-dealkylation sites (tertiary alicyclic amines) is 1. The summed E-state index contributed by atoms with van der Waals surface area (Å²) >= 11 is 1.57. The van der Waals surface area contributed by atoms with Crippen LogP contribution in [0.25, 0.3) is 0 Å². The first-order chi connectivity index (χ1) is 12.0. The van der Waals surface area contributed by atoms with Crippen LogP contribution in [0.5, 0.6) is 0 Å². The Morgan fingerprint density at radius 2 is 1.85 bits per heavy atom. The van der Waals surface area contributed by atoms with Gasteiger partial charge in [-0.15, -0.1) is 24.2 Å². The van der Waals surface area contributed by atoms with Crippen LogP contribution in [-0.4, -0.2) is 48.6 Å². The molecule has 146 valence electrons. The van der Waals surface area contributed by atoms with Crippen LogP contribution in [0.1, 0.15) is 33.1 Å². The Kier molecular flexibility index (Phi) is 10.1. The van der Waals surface area contributed by atoms with Gasteiger partial charge in [-0.2, -0.15) is 0 Å². The Balaban J connectivity index is 0.00000338. The van der Waals surface area contributed by atoms with Crippen molar-refractivity contribution < 1.29 is 9.59 Å². The normalized spacial score (nSPS) is 15.9. The molecule has 0 aromatic heterocycles. The fourth-order valence-electron chi connectivity index (χ4n) is 3.12. The van der Waals surface area contributed by atoms with Crippen molar-refractivity contribution in [1.29, 1.82) is 0 Å². The van der Waals surface area contributed by atoms with Gasteiger partial charge >= 0.3 is 0 Å². The number of rotatable bonds is 7. The van der Waals surface area contributed by atoms with Crippen molar-refractivity contribution in [1.82, 2.24) is 10.2 Å². The van der Waals surface area contributed by atoms with E-state index in [9.17, 15) is 9.59 Å². The highest BCUT2D eigenvalue weighted by Gasteiger charge is 2.26. The van der Waals surface area contributed by atoms with E-state index in [1.165, 1.54) is 13.3 Å². The monoisotopic (exact) mass is 399 g/mol. The number of anilines is 1. The number of hydrogen-bond donors (Lipinski definition) is 2. The predicted octanol–water partition coefficient (Wildman–Crippen LogP) is 3.40. The summed E-state index contributed by atoms with van der Waals surface area (Å²) in [6.07, 6.45) is 3.41. The lowest BCUT2D eigenvalue weighted by Crippen LogP contribution is -2.42. The Labute approximate surface area is 167 Å². The minimum absolute atomic E-state index is 0. The molecule has 0 spiro atoms. The molecule has 0 saturated carbocycles. The van der Waals surface area contributed by atoms with E-state index in [0.717, 1.165) is 49.0 Å². The molecule has 1 aliphatic heterocycles. The molecule has 1 aromatic rings. The van der Waals surface area contributed by atoms with Crippen molar-refractivity contribution in [3.8, 4) is 0 Å². The van der Waals surface area contributed by atoms with E-state index in [1.807, 2.05) is 43.1 Å². The highest BCUT2D eigenvalue weighted by molar-refractivity contribution is 8.00. The van der Waals surface area contributed by atoms with Crippen molar-refractivity contribution in [2.45, 2.75) is 43.3 Å². The lowest BCUT2D eigenvalue weighted by atomic mass is 9.93. The number of halogens is 1. The summed E-state index contributed by atoms with van der Waals surface area (Å²) in [5.41, 5.74) is 0.777. The van der Waals surface area contributed by atoms with Crippen molar-refractivity contribution in [2.24, 2.45) is 5.92 Å². The van der Waals surface area contributed by atoms with Gasteiger partial charge in [0.25, 0.3) is 0 Å². The molecular formula is C19H30ClN3O2S. The first-order valence-corrected chi connectivity index (χ1v) is 9.85. The molecule has 1 aromatic carbocycles. The second kappa shape index (κ2) is 11.5. The Morgan fingerprint density at radius 3 is 2.38 bits per heavy atom. The number of hydrogen-bond acceptors (Lipinski definition) is 4. The Morgan fingerprint density at radius 1 is 1.23 bits per heavy atom. The van der Waals surface area contributed by atoms with Crippen molar-refractivity contribution in [3.05, 3.63) is 24.3 Å². The zero-order chi connectivity index (χ0) is 18.2. The number of benzene rings is 1. The molecule has 1 unspecified atom stereocenters. The maximum absolute atomic E-state index is 12.7. The number of carbonyl (C=O) groups excluding carboxylic acids is 2. The van der Waals surface area contributed by atoms with E-state index in [2.05, 4.69) is 10.6 Å². The van der Waals surface area contributed by atoms with E-state index >= 15 is 0 Å². The van der Waals surface area contributed by atoms with Crippen LogP contribution in [0.3, 0.4) is 0 Å². The average molecular weight is 400 g/mol. The average Bonchev–Trinajstić information content (AvgIpc) is 2.61. The number of piperidine rings is 1. The van der Waals surface area contributed by atoms with Gasteiger partial charge in [-0.05, 0) is 70.0 Å². The van der Waals surface area contributed by atoms with E-state index in [4.69, 9.17) is 0 Å². The second-order valence-corrected chi connectivity index (χ2v) is 8.04. The molecule has 26 heavy (non-hydrogen) atoms. The molecule has 0 aliphatic carbocycles. The molecule has 2 N–H and O–H groups in total. The Hall–Kier alpha value is -1.24. The number of thioether (sulfide) groups is 1. The zero-order valence-corrected chi connectivity index (χ0v) is 17.4. The standard InChI is InChI=1S/C19H29N3O2S.ClH/c1-14(25-18-6-4-17(5-7-18)21-15(2)23)19(24)22-12-9-16(10-13-22)8-11-20-3;/h4-7,14,16,20H,8-13H2,1-3H3,(H,21,23);1H. The molecule has 5 nitrogen and oxygen atoms in total. The van der Waals surface area contributed by atoms with Crippen molar-refractivity contribution in [2.75, 3.05) is 32.0 Å². The third-order valence-corrected chi connectivity index (χ3v) is 5.66. The fraction of sp³-hybridized carbons (Fsp3) is 0.579. The largest absolute Gasteiger partial charge is 0.342 e. The highest BCUT2D eigenvalue weighted by atomic mass is 35.5. The summed E-state index contributed by atoms with van der Waals surface area (Å²) in [6, 6.07) is 7.63. The molecule has 1 heterocycles. The molecule has 1 fully saturated rings. The summed E-state index contributed by atoms with van der Waals surface area (Å²) in [5.74, 6) is 0.880. The quantitative estimate of drug-likeness (QED) is 0.690. The lowest BCUT2D eigenvalue weighted by Gasteiger charge is -2.33. The zero-order valence-electron chi connectivity index (χ0n) is 15.8. The molecule has 1 saturated heterocycles. The van der Waals surface area contributed by atoms with Gasteiger partial charge in [0.2, 0.25) is 11.8 Å². The number of amides is 2. The lowest BCUT2D eigenvalue weighted by molar-refractivity contribution is -0.131. The van der Waals surface area contributed by atoms with Gasteiger partial charge in [0.1, 0.15) is 0 Å². The summed E-state index contributed by atoms with van der Waals surface area (Å²) in [5, 5.41) is 5.86. The van der Waals surface area contributed by atoms with Crippen LogP contribution in [0.4, 0.5) is 5.69 Å². The fourth-order valence-corrected chi connectivity index (χ4v) is 4.07. The minimum atomic E-state index is -0.0968. The van der Waals surface area contributed by atoms with Gasteiger partial charge in [0.05, 0.1) is 5.25 Å². The molecule has 0 radical (unpaired) electrons. The molecular weight excluding hydrogens is 370 g/mol. The molecule has 7 heteroatoms. The van der Waals surface area contributed by atoms with E-state index < -0.39 is 0 Å². The van der Waals surface area contributed by atoms with Gasteiger partial charge in [-0.25, -0.2) is 0 Å². The maximum atomic E-state index is 12.7. The van der Waals surface area contributed by atoms with Crippen LogP contribution < -0.4 is 10.6 Å². The third kappa shape index (κ3) is 7.17. The summed E-state index contributed by atoms with van der Waals surface area (Å²) in [6.45, 7) is 6.27. The molecule has 1 atom stereocenters. The number of nitrogens with zero attached hydrogens (tertiary/aromatic N) is 1. The minimum Gasteiger partial charge on any atom is -0.342 e. The van der Waals surface area contributed by atoms with Crippen LogP contribution >= 0.6 is 24.2 Å². The van der Waals surface area contributed by atoms with Gasteiger partial charge in [-0.3, -0.25) is 9.59 Å². The van der Waals surface area contributed by atoms with Crippen LogP contribution in [0.15, 0.2) is 29.2 Å². The van der Waals surface area contributed by atoms with Gasteiger partial charge in [0.15, 0.2) is 0 Å².